The zero-order chi connectivity index (χ0) is 14.0. The molecule has 0 saturated carbocycles. The molecular formula is C15H14BrClO2. The second kappa shape index (κ2) is 5.95. The van der Waals surface area contributed by atoms with Crippen LogP contribution < -0.4 is 4.74 Å². The van der Waals surface area contributed by atoms with Crippen molar-refractivity contribution in [3.63, 3.8) is 0 Å². The van der Waals surface area contributed by atoms with Crippen LogP contribution in [0.15, 0.2) is 40.9 Å². The molecule has 0 amide bonds. The first kappa shape index (κ1) is 14.4. The second-order valence-electron chi connectivity index (χ2n) is 4.30. The van der Waals surface area contributed by atoms with Crippen LogP contribution in [0.25, 0.3) is 0 Å². The van der Waals surface area contributed by atoms with E-state index in [1.54, 1.807) is 13.2 Å². The van der Waals surface area contributed by atoms with E-state index in [1.807, 2.05) is 37.3 Å². The van der Waals surface area contributed by atoms with Crippen molar-refractivity contribution in [2.45, 2.75) is 13.0 Å². The maximum absolute atomic E-state index is 10.5. The summed E-state index contributed by atoms with van der Waals surface area (Å²) in [6, 6.07) is 11.1. The number of benzene rings is 2. The highest BCUT2D eigenvalue weighted by atomic mass is 79.9. The molecular weight excluding hydrogens is 328 g/mol. The fourth-order valence-electron chi connectivity index (χ4n) is 1.87. The van der Waals surface area contributed by atoms with Gasteiger partial charge < -0.3 is 9.84 Å². The van der Waals surface area contributed by atoms with Gasteiger partial charge in [0.15, 0.2) is 0 Å². The Kier molecular flexibility index (Phi) is 4.50. The molecule has 0 radical (unpaired) electrons. The molecule has 1 unspecified atom stereocenters. The van der Waals surface area contributed by atoms with Crippen molar-refractivity contribution >= 4 is 27.5 Å². The van der Waals surface area contributed by atoms with Crippen LogP contribution in [0.5, 0.6) is 5.75 Å². The van der Waals surface area contributed by atoms with Crippen LogP contribution in [0, 0.1) is 6.92 Å². The maximum Gasteiger partial charge on any atom is 0.126 e. The van der Waals surface area contributed by atoms with Crippen LogP contribution in [0.2, 0.25) is 5.02 Å². The number of ether oxygens (including phenoxy) is 1. The fraction of sp³-hybridized carbons (Fsp3) is 0.200. The molecule has 4 heteroatoms. The molecule has 0 saturated heterocycles. The number of aliphatic hydroxyl groups excluding tert-OH is 1. The largest absolute Gasteiger partial charge is 0.496 e. The first-order chi connectivity index (χ1) is 9.02. The van der Waals surface area contributed by atoms with Gasteiger partial charge in [-0.15, -0.1) is 0 Å². The number of aryl methyl sites for hydroxylation is 1. The highest BCUT2D eigenvalue weighted by molar-refractivity contribution is 9.10. The van der Waals surface area contributed by atoms with Gasteiger partial charge in [0.2, 0.25) is 0 Å². The maximum atomic E-state index is 10.5. The van der Waals surface area contributed by atoms with Crippen molar-refractivity contribution in [1.82, 2.24) is 0 Å². The van der Waals surface area contributed by atoms with Gasteiger partial charge in [-0.2, -0.15) is 0 Å². The SMILES string of the molecule is COc1cc(Br)ccc1C(O)c1ccc(C)c(Cl)c1. The number of rotatable bonds is 3. The van der Waals surface area contributed by atoms with Gasteiger partial charge in [0.05, 0.1) is 7.11 Å². The van der Waals surface area contributed by atoms with Crippen molar-refractivity contribution in [1.29, 1.82) is 0 Å². The molecule has 2 aromatic carbocycles. The fourth-order valence-corrected chi connectivity index (χ4v) is 2.40. The summed E-state index contributed by atoms with van der Waals surface area (Å²) in [5.41, 5.74) is 2.45. The smallest absolute Gasteiger partial charge is 0.126 e. The van der Waals surface area contributed by atoms with Gasteiger partial charge in [-0.1, -0.05) is 45.7 Å². The van der Waals surface area contributed by atoms with Gasteiger partial charge in [-0.05, 0) is 36.2 Å². The second-order valence-corrected chi connectivity index (χ2v) is 5.62. The highest BCUT2D eigenvalue weighted by Crippen LogP contribution is 2.33. The van der Waals surface area contributed by atoms with Gasteiger partial charge in [-0.25, -0.2) is 0 Å². The lowest BCUT2D eigenvalue weighted by atomic mass is 10.00. The summed E-state index contributed by atoms with van der Waals surface area (Å²) in [5.74, 6) is 0.638. The summed E-state index contributed by atoms with van der Waals surface area (Å²) in [4.78, 5) is 0. The summed E-state index contributed by atoms with van der Waals surface area (Å²) in [5, 5.41) is 11.1. The first-order valence-electron chi connectivity index (χ1n) is 5.80. The molecule has 2 aromatic rings. The van der Waals surface area contributed by atoms with Crippen molar-refractivity contribution < 1.29 is 9.84 Å². The Bertz CT molecular complexity index is 599. The molecule has 0 fully saturated rings. The molecule has 19 heavy (non-hydrogen) atoms. The number of halogens is 2. The van der Waals surface area contributed by atoms with E-state index in [2.05, 4.69) is 15.9 Å². The van der Waals surface area contributed by atoms with Crippen LogP contribution >= 0.6 is 27.5 Å². The average Bonchev–Trinajstić information content (AvgIpc) is 2.41. The lowest BCUT2D eigenvalue weighted by Crippen LogP contribution is -2.02. The lowest BCUT2D eigenvalue weighted by molar-refractivity contribution is 0.214. The van der Waals surface area contributed by atoms with E-state index in [4.69, 9.17) is 16.3 Å². The Labute approximate surface area is 126 Å². The summed E-state index contributed by atoms with van der Waals surface area (Å²) in [6.45, 7) is 1.93. The number of aliphatic hydroxyl groups is 1. The van der Waals surface area contributed by atoms with E-state index in [0.717, 1.165) is 15.6 Å². The molecule has 0 aliphatic heterocycles. The zero-order valence-corrected chi connectivity index (χ0v) is 13.0. The Balaban J connectivity index is 2.43. The quantitative estimate of drug-likeness (QED) is 0.890. The predicted octanol–water partition coefficient (Wildman–Crippen LogP) is 4.50. The molecule has 1 atom stereocenters. The van der Waals surface area contributed by atoms with Crippen molar-refractivity contribution in [2.24, 2.45) is 0 Å². The summed E-state index contributed by atoms with van der Waals surface area (Å²) in [6.07, 6.45) is -0.763. The van der Waals surface area contributed by atoms with Crippen LogP contribution in [0.1, 0.15) is 22.8 Å². The topological polar surface area (TPSA) is 29.5 Å². The molecule has 0 aliphatic rings. The lowest BCUT2D eigenvalue weighted by Gasteiger charge is -2.16. The Hall–Kier alpha value is -1.03. The van der Waals surface area contributed by atoms with Crippen LogP contribution in [0.4, 0.5) is 0 Å². The molecule has 2 nitrogen and oxygen atoms in total. The molecule has 0 bridgehead atoms. The van der Waals surface area contributed by atoms with E-state index < -0.39 is 6.10 Å². The van der Waals surface area contributed by atoms with Crippen molar-refractivity contribution in [3.05, 3.63) is 62.6 Å². The predicted molar refractivity (Wildman–Crippen MR) is 80.9 cm³/mol. The average molecular weight is 342 g/mol. The third-order valence-corrected chi connectivity index (χ3v) is 3.90. The Morgan fingerprint density at radius 1 is 1.21 bits per heavy atom. The van der Waals surface area contributed by atoms with Gasteiger partial charge >= 0.3 is 0 Å². The van der Waals surface area contributed by atoms with Gasteiger partial charge in [0.1, 0.15) is 11.9 Å². The number of hydrogen-bond donors (Lipinski definition) is 1. The first-order valence-corrected chi connectivity index (χ1v) is 6.97. The van der Waals surface area contributed by atoms with Crippen molar-refractivity contribution in [3.8, 4) is 5.75 Å². The minimum absolute atomic E-state index is 0.638. The van der Waals surface area contributed by atoms with E-state index in [-0.39, 0.29) is 0 Å². The van der Waals surface area contributed by atoms with E-state index in [9.17, 15) is 5.11 Å². The summed E-state index contributed by atoms with van der Waals surface area (Å²) in [7, 11) is 1.58. The Morgan fingerprint density at radius 3 is 2.58 bits per heavy atom. The molecule has 0 spiro atoms. The van der Waals surface area contributed by atoms with E-state index in [1.165, 1.54) is 0 Å². The van der Waals surface area contributed by atoms with Gasteiger partial charge in [-0.3, -0.25) is 0 Å². The van der Waals surface area contributed by atoms with Crippen molar-refractivity contribution in [2.75, 3.05) is 7.11 Å². The third kappa shape index (κ3) is 3.11. The molecule has 1 N–H and O–H groups in total. The molecule has 0 aromatic heterocycles. The van der Waals surface area contributed by atoms with Crippen LogP contribution in [-0.4, -0.2) is 12.2 Å². The molecule has 0 aliphatic carbocycles. The normalized spacial score (nSPS) is 12.3. The number of hydrogen-bond acceptors (Lipinski definition) is 2. The van der Waals surface area contributed by atoms with E-state index in [0.29, 0.717) is 16.3 Å². The minimum Gasteiger partial charge on any atom is -0.496 e. The molecule has 0 heterocycles. The minimum atomic E-state index is -0.763. The van der Waals surface area contributed by atoms with Gasteiger partial charge in [0, 0.05) is 15.1 Å². The Morgan fingerprint density at radius 2 is 1.95 bits per heavy atom. The summed E-state index contributed by atoms with van der Waals surface area (Å²) >= 11 is 9.48. The van der Waals surface area contributed by atoms with E-state index >= 15 is 0 Å². The highest BCUT2D eigenvalue weighted by Gasteiger charge is 2.16. The standard InChI is InChI=1S/C15H14BrClO2/c1-9-3-4-10(7-13(9)17)15(18)12-6-5-11(16)8-14(12)19-2/h3-8,15,18H,1-2H3. The third-order valence-electron chi connectivity index (χ3n) is 3.00. The van der Waals surface area contributed by atoms with Gasteiger partial charge in [0.25, 0.3) is 0 Å². The monoisotopic (exact) mass is 340 g/mol. The number of methoxy groups -OCH3 is 1. The van der Waals surface area contributed by atoms with Crippen LogP contribution in [-0.2, 0) is 0 Å². The zero-order valence-electron chi connectivity index (χ0n) is 10.7. The molecule has 2 rings (SSSR count). The molecule has 100 valence electrons. The van der Waals surface area contributed by atoms with Crippen LogP contribution in [0.3, 0.4) is 0 Å². The summed E-state index contributed by atoms with van der Waals surface area (Å²) < 4.78 is 6.20.